The summed E-state index contributed by atoms with van der Waals surface area (Å²) >= 11 is 0. The van der Waals surface area contributed by atoms with Crippen molar-refractivity contribution in [2.75, 3.05) is 0 Å². The molecule has 0 atom stereocenters. The van der Waals surface area contributed by atoms with E-state index in [2.05, 4.69) is 199 Å². The molecule has 12 rings (SSSR count). The van der Waals surface area contributed by atoms with E-state index in [0.717, 1.165) is 83.3 Å². The largest absolute Gasteiger partial charge is 0.309 e. The van der Waals surface area contributed by atoms with Crippen LogP contribution in [0.5, 0.6) is 0 Å². The maximum Gasteiger partial charge on any atom is 0.160 e. The summed E-state index contributed by atoms with van der Waals surface area (Å²) in [6.07, 6.45) is 0. The predicted octanol–water partition coefficient (Wildman–Crippen LogP) is 14.8. The maximum atomic E-state index is 5.25. The number of para-hydroxylation sites is 2. The minimum Gasteiger partial charge on any atom is -0.309 e. The number of aromatic nitrogens is 4. The molecule has 4 heteroatoms. The molecule has 0 aliphatic carbocycles. The summed E-state index contributed by atoms with van der Waals surface area (Å²) in [5.74, 6) is 0.710. The van der Waals surface area contributed by atoms with Gasteiger partial charge in [-0.05, 0) is 81.9 Å². The molecule has 284 valence electrons. The predicted molar refractivity (Wildman–Crippen MR) is 254 cm³/mol. The van der Waals surface area contributed by atoms with E-state index >= 15 is 0 Å². The standard InChI is InChI=1S/C57H36N4/c1-5-15-38(16-6-1)52-36-53(60-57(59-52)40-19-9-3-10-20-40)43-28-26-37-25-27-41(31-44(37)32-43)42-29-30-47-49-34-50-48(35-55(49)61(54(47)33-42)45-21-11-4-12-22-45)46-23-13-14-24-51(46)58-56(50)39-17-7-2-8-18-39/h1-36H. The van der Waals surface area contributed by atoms with E-state index in [1.807, 2.05) is 24.3 Å². The quantitative estimate of drug-likeness (QED) is 0.158. The summed E-state index contributed by atoms with van der Waals surface area (Å²) in [6, 6.07) is 77.5. The SMILES string of the molecule is c1ccc(-c2cc(-c3ccc4ccc(-c5ccc6c7cc8c(-c9ccccc9)nc9ccccc9c8cc7n(-c7ccccc7)c6c5)cc4c3)nc(-c3ccccc3)n2)cc1. The third-order valence-electron chi connectivity index (χ3n) is 11.9. The third kappa shape index (κ3) is 6.04. The van der Waals surface area contributed by atoms with Crippen LogP contribution in [0.4, 0.5) is 0 Å². The molecule has 3 heterocycles. The summed E-state index contributed by atoms with van der Waals surface area (Å²) in [6.45, 7) is 0. The van der Waals surface area contributed by atoms with E-state index in [1.54, 1.807) is 0 Å². The van der Waals surface area contributed by atoms with Gasteiger partial charge in [0.2, 0.25) is 0 Å². The Morgan fingerprint density at radius 2 is 0.869 bits per heavy atom. The molecule has 61 heavy (non-hydrogen) atoms. The monoisotopic (exact) mass is 776 g/mol. The van der Waals surface area contributed by atoms with Gasteiger partial charge in [0, 0.05) is 49.5 Å². The zero-order valence-corrected chi connectivity index (χ0v) is 33.1. The molecule has 0 aliphatic heterocycles. The first-order valence-corrected chi connectivity index (χ1v) is 20.7. The normalized spacial score (nSPS) is 11.6. The average Bonchev–Trinajstić information content (AvgIpc) is 3.66. The van der Waals surface area contributed by atoms with Gasteiger partial charge in [-0.2, -0.15) is 0 Å². The Balaban J connectivity index is 1.03. The fraction of sp³-hybridized carbons (Fsp3) is 0. The molecule has 0 amide bonds. The van der Waals surface area contributed by atoms with Gasteiger partial charge in [0.05, 0.1) is 33.6 Å². The van der Waals surface area contributed by atoms with Crippen LogP contribution >= 0.6 is 0 Å². The Hall–Kier alpha value is -8.21. The van der Waals surface area contributed by atoms with Gasteiger partial charge < -0.3 is 4.57 Å². The fourth-order valence-corrected chi connectivity index (χ4v) is 8.97. The van der Waals surface area contributed by atoms with Crippen LogP contribution in [0.1, 0.15) is 0 Å². The molecule has 0 radical (unpaired) electrons. The lowest BCUT2D eigenvalue weighted by atomic mass is 9.96. The Morgan fingerprint density at radius 1 is 0.295 bits per heavy atom. The fourth-order valence-electron chi connectivity index (χ4n) is 8.97. The Kier molecular flexibility index (Phi) is 8.13. The summed E-state index contributed by atoms with van der Waals surface area (Å²) in [4.78, 5) is 15.4. The van der Waals surface area contributed by atoms with Gasteiger partial charge in [-0.3, -0.25) is 0 Å². The number of pyridine rings is 1. The second-order valence-electron chi connectivity index (χ2n) is 15.6. The van der Waals surface area contributed by atoms with Crippen LogP contribution in [0.15, 0.2) is 218 Å². The van der Waals surface area contributed by atoms with E-state index < -0.39 is 0 Å². The van der Waals surface area contributed by atoms with E-state index in [0.29, 0.717) is 5.82 Å². The van der Waals surface area contributed by atoms with Crippen molar-refractivity contribution < 1.29 is 0 Å². The second-order valence-corrected chi connectivity index (χ2v) is 15.6. The molecule has 0 N–H and O–H groups in total. The summed E-state index contributed by atoms with van der Waals surface area (Å²) < 4.78 is 2.42. The number of hydrogen-bond donors (Lipinski definition) is 0. The molecule has 9 aromatic carbocycles. The smallest absolute Gasteiger partial charge is 0.160 e. The molecule has 0 bridgehead atoms. The number of rotatable bonds is 6. The van der Waals surface area contributed by atoms with Crippen LogP contribution in [-0.4, -0.2) is 19.5 Å². The highest BCUT2D eigenvalue weighted by atomic mass is 15.0. The zero-order valence-electron chi connectivity index (χ0n) is 33.1. The maximum absolute atomic E-state index is 5.25. The molecule has 0 saturated heterocycles. The van der Waals surface area contributed by atoms with Crippen molar-refractivity contribution in [3.05, 3.63) is 218 Å². The lowest BCUT2D eigenvalue weighted by Crippen LogP contribution is -1.96. The van der Waals surface area contributed by atoms with Gasteiger partial charge >= 0.3 is 0 Å². The van der Waals surface area contributed by atoms with Crippen LogP contribution in [0.25, 0.3) is 116 Å². The van der Waals surface area contributed by atoms with Crippen molar-refractivity contribution in [2.45, 2.75) is 0 Å². The molecule has 0 spiro atoms. The number of nitrogens with zero attached hydrogens (tertiary/aromatic N) is 4. The highest BCUT2D eigenvalue weighted by Gasteiger charge is 2.19. The van der Waals surface area contributed by atoms with Gasteiger partial charge in [0.1, 0.15) is 0 Å². The van der Waals surface area contributed by atoms with Crippen molar-refractivity contribution in [3.63, 3.8) is 0 Å². The van der Waals surface area contributed by atoms with Gasteiger partial charge in [0.15, 0.2) is 5.82 Å². The first-order chi connectivity index (χ1) is 30.2. The summed E-state index contributed by atoms with van der Waals surface area (Å²) in [5, 5.41) is 8.21. The van der Waals surface area contributed by atoms with Crippen LogP contribution < -0.4 is 0 Å². The molecule has 0 saturated carbocycles. The van der Waals surface area contributed by atoms with E-state index in [9.17, 15) is 0 Å². The first-order valence-electron chi connectivity index (χ1n) is 20.7. The number of hydrogen-bond acceptors (Lipinski definition) is 3. The van der Waals surface area contributed by atoms with Crippen LogP contribution in [0, 0.1) is 0 Å². The van der Waals surface area contributed by atoms with Gasteiger partial charge in [0.25, 0.3) is 0 Å². The van der Waals surface area contributed by atoms with Gasteiger partial charge in [-0.1, -0.05) is 164 Å². The van der Waals surface area contributed by atoms with E-state index in [1.165, 1.54) is 27.1 Å². The molecule has 4 nitrogen and oxygen atoms in total. The van der Waals surface area contributed by atoms with Crippen molar-refractivity contribution in [1.82, 2.24) is 19.5 Å². The van der Waals surface area contributed by atoms with Crippen molar-refractivity contribution in [2.24, 2.45) is 0 Å². The topological polar surface area (TPSA) is 43.6 Å². The molecular formula is C57H36N4. The minimum atomic E-state index is 0.710. The Morgan fingerprint density at radius 3 is 1.62 bits per heavy atom. The zero-order chi connectivity index (χ0) is 40.3. The first kappa shape index (κ1) is 34.8. The van der Waals surface area contributed by atoms with Crippen molar-refractivity contribution in [3.8, 4) is 62.0 Å². The number of benzene rings is 9. The highest BCUT2D eigenvalue weighted by molar-refractivity contribution is 6.20. The van der Waals surface area contributed by atoms with E-state index in [-0.39, 0.29) is 0 Å². The Labute approximate surface area is 352 Å². The molecule has 0 aliphatic rings. The number of fused-ring (bicyclic) bond motifs is 7. The molecule has 12 aromatic rings. The lowest BCUT2D eigenvalue weighted by molar-refractivity contribution is 1.18. The lowest BCUT2D eigenvalue weighted by Gasteiger charge is -2.12. The second kappa shape index (κ2) is 14.3. The van der Waals surface area contributed by atoms with Crippen LogP contribution in [0.2, 0.25) is 0 Å². The van der Waals surface area contributed by atoms with Crippen molar-refractivity contribution in [1.29, 1.82) is 0 Å². The molecule has 3 aromatic heterocycles. The van der Waals surface area contributed by atoms with E-state index in [4.69, 9.17) is 15.0 Å². The molecule has 0 unspecified atom stereocenters. The van der Waals surface area contributed by atoms with Crippen LogP contribution in [-0.2, 0) is 0 Å². The van der Waals surface area contributed by atoms with Gasteiger partial charge in [-0.25, -0.2) is 15.0 Å². The molecular weight excluding hydrogens is 741 g/mol. The average molecular weight is 777 g/mol. The van der Waals surface area contributed by atoms with Crippen LogP contribution in [0.3, 0.4) is 0 Å². The highest BCUT2D eigenvalue weighted by Crippen LogP contribution is 2.41. The minimum absolute atomic E-state index is 0.710. The van der Waals surface area contributed by atoms with Crippen molar-refractivity contribution >= 4 is 54.3 Å². The third-order valence-corrected chi connectivity index (χ3v) is 11.9. The summed E-state index contributed by atoms with van der Waals surface area (Å²) in [7, 11) is 0. The Bertz CT molecular complexity index is 3560. The van der Waals surface area contributed by atoms with Gasteiger partial charge in [-0.15, -0.1) is 0 Å². The summed E-state index contributed by atoms with van der Waals surface area (Å²) in [5.41, 5.74) is 13.7. The molecule has 0 fully saturated rings.